The SMILES string of the molecule is COc1cc([C@@H](C)NC(=O)c2nc(Cl)ccc2Cl)cc(OC)c1OC. The summed E-state index contributed by atoms with van der Waals surface area (Å²) in [7, 11) is 4.58. The van der Waals surface area contributed by atoms with Crippen molar-refractivity contribution in [1.29, 1.82) is 0 Å². The summed E-state index contributed by atoms with van der Waals surface area (Å²) in [5.41, 5.74) is 0.828. The van der Waals surface area contributed by atoms with Crippen molar-refractivity contribution in [2.45, 2.75) is 13.0 Å². The molecule has 1 aromatic heterocycles. The molecule has 134 valence electrons. The highest BCUT2D eigenvalue weighted by atomic mass is 35.5. The Hall–Kier alpha value is -2.18. The van der Waals surface area contributed by atoms with Crippen LogP contribution in [0.2, 0.25) is 10.2 Å². The third-order valence-electron chi connectivity index (χ3n) is 3.56. The van der Waals surface area contributed by atoms with Gasteiger partial charge in [0.05, 0.1) is 32.4 Å². The summed E-state index contributed by atoms with van der Waals surface area (Å²) >= 11 is 11.8. The van der Waals surface area contributed by atoms with E-state index in [0.717, 1.165) is 5.56 Å². The topological polar surface area (TPSA) is 69.7 Å². The molecule has 1 atom stereocenters. The van der Waals surface area contributed by atoms with Gasteiger partial charge in [-0.3, -0.25) is 4.79 Å². The number of ether oxygens (including phenoxy) is 3. The van der Waals surface area contributed by atoms with Crippen molar-refractivity contribution in [2.75, 3.05) is 21.3 Å². The van der Waals surface area contributed by atoms with Crippen LogP contribution in [0.5, 0.6) is 17.2 Å². The quantitative estimate of drug-likeness (QED) is 0.764. The molecule has 2 aromatic rings. The second-order valence-electron chi connectivity index (χ2n) is 5.12. The van der Waals surface area contributed by atoms with Gasteiger partial charge >= 0.3 is 0 Å². The lowest BCUT2D eigenvalue weighted by Crippen LogP contribution is -2.27. The molecule has 25 heavy (non-hydrogen) atoms. The standard InChI is InChI=1S/C17H18Cl2N2O4/c1-9(20-17(22)15-11(18)5-6-14(19)21-15)10-7-12(23-2)16(25-4)13(8-10)24-3/h5-9H,1-4H3,(H,20,22)/t9-/m1/s1. The number of rotatable bonds is 6. The fraction of sp³-hybridized carbons (Fsp3) is 0.294. The molecule has 2 rings (SSSR count). The summed E-state index contributed by atoms with van der Waals surface area (Å²) in [6, 6.07) is 6.20. The molecule has 0 unspecified atom stereocenters. The molecule has 0 saturated carbocycles. The maximum Gasteiger partial charge on any atom is 0.271 e. The molecule has 1 aromatic carbocycles. The highest BCUT2D eigenvalue weighted by Gasteiger charge is 2.20. The Labute approximate surface area is 156 Å². The number of hydrogen-bond acceptors (Lipinski definition) is 5. The molecule has 0 spiro atoms. The Kier molecular flexibility index (Phi) is 6.33. The molecule has 0 radical (unpaired) electrons. The summed E-state index contributed by atoms with van der Waals surface area (Å²) in [6.07, 6.45) is 0. The summed E-state index contributed by atoms with van der Waals surface area (Å²) < 4.78 is 15.9. The number of nitrogens with one attached hydrogen (secondary N) is 1. The van der Waals surface area contributed by atoms with Gasteiger partial charge in [0.1, 0.15) is 10.8 Å². The molecule has 0 aliphatic heterocycles. The summed E-state index contributed by atoms with van der Waals surface area (Å²) in [6.45, 7) is 1.82. The lowest BCUT2D eigenvalue weighted by atomic mass is 10.1. The van der Waals surface area contributed by atoms with Crippen LogP contribution < -0.4 is 19.5 Å². The number of aromatic nitrogens is 1. The predicted molar refractivity (Wildman–Crippen MR) is 96.2 cm³/mol. The molecule has 1 amide bonds. The average Bonchev–Trinajstić information content (AvgIpc) is 2.61. The van der Waals surface area contributed by atoms with Crippen LogP contribution in [0.3, 0.4) is 0 Å². The zero-order valence-electron chi connectivity index (χ0n) is 14.2. The highest BCUT2D eigenvalue weighted by molar-refractivity contribution is 6.34. The van der Waals surface area contributed by atoms with Gasteiger partial charge in [-0.05, 0) is 36.8 Å². The monoisotopic (exact) mass is 384 g/mol. The van der Waals surface area contributed by atoms with Gasteiger partial charge in [0.2, 0.25) is 5.75 Å². The largest absolute Gasteiger partial charge is 0.493 e. The fourth-order valence-corrected chi connectivity index (χ4v) is 2.62. The van der Waals surface area contributed by atoms with Gasteiger partial charge < -0.3 is 19.5 Å². The Balaban J connectivity index is 2.30. The van der Waals surface area contributed by atoms with Crippen LogP contribution >= 0.6 is 23.2 Å². The molecule has 1 heterocycles. The van der Waals surface area contributed by atoms with Gasteiger partial charge in [0.15, 0.2) is 11.5 Å². The second-order valence-corrected chi connectivity index (χ2v) is 5.91. The Morgan fingerprint density at radius 2 is 1.68 bits per heavy atom. The molecule has 6 nitrogen and oxygen atoms in total. The maximum absolute atomic E-state index is 12.4. The van der Waals surface area contributed by atoms with Crippen molar-refractivity contribution in [2.24, 2.45) is 0 Å². The van der Waals surface area contributed by atoms with Gasteiger partial charge in [-0.2, -0.15) is 0 Å². The summed E-state index contributed by atoms with van der Waals surface area (Å²) in [4.78, 5) is 16.4. The second kappa shape index (κ2) is 8.27. The number of carbonyl (C=O) groups excluding carboxylic acids is 1. The Bertz CT molecular complexity index is 758. The van der Waals surface area contributed by atoms with E-state index >= 15 is 0 Å². The molecule has 1 N–H and O–H groups in total. The van der Waals surface area contributed by atoms with E-state index in [4.69, 9.17) is 37.4 Å². The first kappa shape index (κ1) is 19.1. The number of halogens is 2. The minimum Gasteiger partial charge on any atom is -0.493 e. The van der Waals surface area contributed by atoms with Crippen molar-refractivity contribution >= 4 is 29.1 Å². The van der Waals surface area contributed by atoms with Crippen LogP contribution in [0.4, 0.5) is 0 Å². The maximum atomic E-state index is 12.4. The van der Waals surface area contributed by atoms with Gasteiger partial charge in [-0.15, -0.1) is 0 Å². The molecule has 0 saturated heterocycles. The first-order valence-corrected chi connectivity index (χ1v) is 8.09. The van der Waals surface area contributed by atoms with Crippen LogP contribution in [0, 0.1) is 0 Å². The van der Waals surface area contributed by atoms with Crippen molar-refractivity contribution in [1.82, 2.24) is 10.3 Å². The molecule has 0 aliphatic carbocycles. The van der Waals surface area contributed by atoms with Crippen molar-refractivity contribution in [3.63, 3.8) is 0 Å². The number of methoxy groups -OCH3 is 3. The van der Waals surface area contributed by atoms with Gasteiger partial charge in [0, 0.05) is 0 Å². The van der Waals surface area contributed by atoms with Crippen LogP contribution in [-0.2, 0) is 0 Å². The van der Waals surface area contributed by atoms with Crippen molar-refractivity contribution in [3.05, 3.63) is 45.7 Å². The Morgan fingerprint density at radius 3 is 2.20 bits per heavy atom. The first-order chi connectivity index (χ1) is 11.9. The van der Waals surface area contributed by atoms with E-state index in [2.05, 4.69) is 10.3 Å². The van der Waals surface area contributed by atoms with Gasteiger partial charge in [0.25, 0.3) is 5.91 Å². The number of nitrogens with zero attached hydrogens (tertiary/aromatic N) is 1. The zero-order valence-corrected chi connectivity index (χ0v) is 15.7. The summed E-state index contributed by atoms with van der Waals surface area (Å²) in [5.74, 6) is 1.04. The molecule has 0 aliphatic rings. The average molecular weight is 385 g/mol. The summed E-state index contributed by atoms with van der Waals surface area (Å²) in [5, 5.41) is 3.24. The third kappa shape index (κ3) is 4.27. The van der Waals surface area contributed by atoms with Crippen molar-refractivity contribution in [3.8, 4) is 17.2 Å². The van der Waals surface area contributed by atoms with Gasteiger partial charge in [-0.25, -0.2) is 4.98 Å². The number of amides is 1. The lowest BCUT2D eigenvalue weighted by Gasteiger charge is -2.19. The number of benzene rings is 1. The fourth-order valence-electron chi connectivity index (χ4n) is 2.28. The van der Waals surface area contributed by atoms with E-state index in [-0.39, 0.29) is 21.9 Å². The third-order valence-corrected chi connectivity index (χ3v) is 4.08. The minimum atomic E-state index is -0.436. The van der Waals surface area contributed by atoms with E-state index in [0.29, 0.717) is 17.2 Å². The van der Waals surface area contributed by atoms with E-state index in [1.54, 1.807) is 12.1 Å². The number of hydrogen-bond donors (Lipinski definition) is 1. The minimum absolute atomic E-state index is 0.0634. The smallest absolute Gasteiger partial charge is 0.271 e. The van der Waals surface area contributed by atoms with Crippen LogP contribution in [-0.4, -0.2) is 32.2 Å². The molecule has 0 fully saturated rings. The van der Waals surface area contributed by atoms with Gasteiger partial charge in [-0.1, -0.05) is 23.2 Å². The van der Waals surface area contributed by atoms with Crippen LogP contribution in [0.25, 0.3) is 0 Å². The van der Waals surface area contributed by atoms with E-state index < -0.39 is 5.91 Å². The van der Waals surface area contributed by atoms with E-state index in [1.807, 2.05) is 6.92 Å². The molecular weight excluding hydrogens is 367 g/mol. The Morgan fingerprint density at radius 1 is 1.08 bits per heavy atom. The van der Waals surface area contributed by atoms with Crippen LogP contribution in [0.15, 0.2) is 24.3 Å². The lowest BCUT2D eigenvalue weighted by molar-refractivity contribution is 0.0935. The van der Waals surface area contributed by atoms with Crippen LogP contribution in [0.1, 0.15) is 29.0 Å². The molecule has 8 heteroatoms. The highest BCUT2D eigenvalue weighted by Crippen LogP contribution is 2.39. The van der Waals surface area contributed by atoms with E-state index in [9.17, 15) is 4.79 Å². The molecule has 0 bridgehead atoms. The number of carbonyl (C=O) groups is 1. The first-order valence-electron chi connectivity index (χ1n) is 7.34. The van der Waals surface area contributed by atoms with E-state index in [1.165, 1.54) is 33.5 Å². The zero-order chi connectivity index (χ0) is 18.6. The van der Waals surface area contributed by atoms with Crippen molar-refractivity contribution < 1.29 is 19.0 Å². The number of pyridine rings is 1. The molecular formula is C17H18Cl2N2O4. The predicted octanol–water partition coefficient (Wildman–Crippen LogP) is 3.91. The normalized spacial score (nSPS) is 11.6.